The molecule has 3 aliphatic rings. The van der Waals surface area contributed by atoms with Gasteiger partial charge in [-0.25, -0.2) is 0 Å². The number of benzene rings is 1. The van der Waals surface area contributed by atoms with Crippen LogP contribution in [0.5, 0.6) is 0 Å². The molecule has 28 heavy (non-hydrogen) atoms. The number of carbonyl (C=O) groups is 1. The molecule has 1 heterocycles. The molecule has 1 aliphatic heterocycles. The lowest BCUT2D eigenvalue weighted by Gasteiger charge is -2.32. The van der Waals surface area contributed by atoms with Crippen molar-refractivity contribution in [1.82, 2.24) is 10.2 Å². The van der Waals surface area contributed by atoms with Crippen LogP contribution in [0.15, 0.2) is 24.3 Å². The number of carbonyl (C=O) groups excluding carboxylic acids is 1. The van der Waals surface area contributed by atoms with Crippen LogP contribution in [0.2, 0.25) is 0 Å². The van der Waals surface area contributed by atoms with E-state index in [1.807, 2.05) is 0 Å². The first kappa shape index (κ1) is 21.4. The van der Waals surface area contributed by atoms with Gasteiger partial charge in [0.15, 0.2) is 0 Å². The zero-order chi connectivity index (χ0) is 19.1. The molecule has 0 bridgehead atoms. The third-order valence-electron chi connectivity index (χ3n) is 6.80. The highest BCUT2D eigenvalue weighted by molar-refractivity contribution is 5.85. The second-order valence-electron chi connectivity index (χ2n) is 8.43. The Bertz CT molecular complexity index is 697. The van der Waals surface area contributed by atoms with E-state index in [-0.39, 0.29) is 47.8 Å². The molecule has 0 radical (unpaired) electrons. The maximum atomic E-state index is 13.4. The van der Waals surface area contributed by atoms with Crippen LogP contribution >= 0.6 is 12.4 Å². The second kappa shape index (κ2) is 8.23. The monoisotopic (exact) mass is 416 g/mol. The van der Waals surface area contributed by atoms with Crippen molar-refractivity contribution in [3.63, 3.8) is 0 Å². The minimum Gasteiger partial charge on any atom is -0.335 e. The molecule has 1 saturated heterocycles. The first-order valence-corrected chi connectivity index (χ1v) is 10.1. The highest BCUT2D eigenvalue weighted by atomic mass is 35.5. The van der Waals surface area contributed by atoms with Crippen molar-refractivity contribution in [2.24, 2.45) is 11.3 Å². The van der Waals surface area contributed by atoms with Gasteiger partial charge in [0.2, 0.25) is 5.91 Å². The predicted octanol–water partition coefficient (Wildman–Crippen LogP) is 4.79. The second-order valence-corrected chi connectivity index (χ2v) is 8.43. The van der Waals surface area contributed by atoms with Gasteiger partial charge in [-0.15, -0.1) is 12.4 Å². The number of alkyl halides is 3. The molecule has 1 atom stereocenters. The summed E-state index contributed by atoms with van der Waals surface area (Å²) in [4.78, 5) is 15.1. The molecule has 1 amide bonds. The number of nitrogens with zero attached hydrogens (tertiary/aromatic N) is 1. The van der Waals surface area contributed by atoms with E-state index in [9.17, 15) is 18.0 Å². The highest BCUT2D eigenvalue weighted by Gasteiger charge is 2.59. The lowest BCUT2D eigenvalue weighted by molar-refractivity contribution is -0.141. The average Bonchev–Trinajstić information content (AvgIpc) is 3.07. The van der Waals surface area contributed by atoms with Crippen LogP contribution in [-0.4, -0.2) is 29.9 Å². The fourth-order valence-corrected chi connectivity index (χ4v) is 5.10. The molecule has 1 aromatic carbocycles. The molecule has 156 valence electrons. The van der Waals surface area contributed by atoms with Crippen molar-refractivity contribution < 1.29 is 18.0 Å². The normalized spacial score (nSPS) is 24.0. The summed E-state index contributed by atoms with van der Waals surface area (Å²) in [7, 11) is 0. The molecule has 1 spiro atoms. The third-order valence-corrected chi connectivity index (χ3v) is 6.80. The van der Waals surface area contributed by atoms with Gasteiger partial charge in [-0.3, -0.25) is 4.79 Å². The van der Waals surface area contributed by atoms with Gasteiger partial charge >= 0.3 is 6.18 Å². The maximum Gasteiger partial charge on any atom is 0.416 e. The number of hydrogen-bond acceptors (Lipinski definition) is 2. The van der Waals surface area contributed by atoms with E-state index in [4.69, 9.17) is 0 Å². The van der Waals surface area contributed by atoms with Crippen LogP contribution < -0.4 is 5.32 Å². The molecule has 1 unspecified atom stereocenters. The standard InChI is InChI=1S/C21H27F3N2O.ClH/c22-21(23,24)17-8-4-1-5-15(17)14-26(16-6-2-3-7-16)19(27)18-13-20(18)9-11-25-12-10-20;/h1,4-5,8,16,18,25H,2-3,6-7,9-14H2;1H. The predicted molar refractivity (Wildman–Crippen MR) is 104 cm³/mol. The molecule has 3 fully saturated rings. The van der Waals surface area contributed by atoms with E-state index < -0.39 is 11.7 Å². The molecule has 4 rings (SSSR count). The molecule has 7 heteroatoms. The van der Waals surface area contributed by atoms with Crippen LogP contribution in [0.3, 0.4) is 0 Å². The number of hydrogen-bond donors (Lipinski definition) is 1. The van der Waals surface area contributed by atoms with Crippen molar-refractivity contribution in [3.05, 3.63) is 35.4 Å². The van der Waals surface area contributed by atoms with Crippen molar-refractivity contribution in [2.45, 2.75) is 63.7 Å². The Morgan fingerprint density at radius 1 is 1.14 bits per heavy atom. The van der Waals surface area contributed by atoms with Gasteiger partial charge in [-0.1, -0.05) is 31.0 Å². The summed E-state index contributed by atoms with van der Waals surface area (Å²) >= 11 is 0. The molecule has 3 nitrogen and oxygen atoms in total. The molecule has 2 saturated carbocycles. The number of rotatable bonds is 4. The summed E-state index contributed by atoms with van der Waals surface area (Å²) in [5.41, 5.74) is -0.304. The maximum absolute atomic E-state index is 13.4. The Hall–Kier alpha value is -1.27. The quantitative estimate of drug-likeness (QED) is 0.765. The van der Waals surface area contributed by atoms with E-state index >= 15 is 0 Å². The fraction of sp³-hybridized carbons (Fsp3) is 0.667. The van der Waals surface area contributed by atoms with Crippen LogP contribution in [0, 0.1) is 11.3 Å². The summed E-state index contributed by atoms with van der Waals surface area (Å²) in [6, 6.07) is 5.77. The van der Waals surface area contributed by atoms with Gasteiger partial charge in [0.05, 0.1) is 5.56 Å². The largest absolute Gasteiger partial charge is 0.416 e. The molecule has 1 aromatic rings. The van der Waals surface area contributed by atoms with Crippen molar-refractivity contribution in [1.29, 1.82) is 0 Å². The molecule has 1 N–H and O–H groups in total. The zero-order valence-corrected chi connectivity index (χ0v) is 16.7. The van der Waals surface area contributed by atoms with Gasteiger partial charge in [-0.2, -0.15) is 13.2 Å². The first-order chi connectivity index (χ1) is 12.9. The molecule has 2 aliphatic carbocycles. The van der Waals surface area contributed by atoms with Gasteiger partial charge in [-0.05, 0) is 62.2 Å². The first-order valence-electron chi connectivity index (χ1n) is 10.1. The van der Waals surface area contributed by atoms with E-state index in [1.54, 1.807) is 11.0 Å². The topological polar surface area (TPSA) is 32.3 Å². The van der Waals surface area contributed by atoms with Gasteiger partial charge in [0.1, 0.15) is 0 Å². The summed E-state index contributed by atoms with van der Waals surface area (Å²) < 4.78 is 40.3. The smallest absolute Gasteiger partial charge is 0.335 e. The molecule has 0 aromatic heterocycles. The fourth-order valence-electron chi connectivity index (χ4n) is 5.10. The van der Waals surface area contributed by atoms with Crippen LogP contribution in [0.1, 0.15) is 56.1 Å². The lowest BCUT2D eigenvalue weighted by Crippen LogP contribution is -2.41. The van der Waals surface area contributed by atoms with Gasteiger partial charge in [0.25, 0.3) is 0 Å². The van der Waals surface area contributed by atoms with E-state index in [0.717, 1.165) is 64.1 Å². The van der Waals surface area contributed by atoms with Gasteiger partial charge in [0, 0.05) is 18.5 Å². The average molecular weight is 417 g/mol. The summed E-state index contributed by atoms with van der Waals surface area (Å²) in [5, 5.41) is 3.34. The number of halogens is 4. The number of amides is 1. The zero-order valence-electron chi connectivity index (χ0n) is 15.9. The highest BCUT2D eigenvalue weighted by Crippen LogP contribution is 2.59. The minimum absolute atomic E-state index is 0. The lowest BCUT2D eigenvalue weighted by atomic mass is 9.91. The van der Waals surface area contributed by atoms with Crippen LogP contribution in [0.25, 0.3) is 0 Å². The Kier molecular flexibility index (Phi) is 6.30. The van der Waals surface area contributed by atoms with E-state index in [2.05, 4.69) is 5.32 Å². The van der Waals surface area contributed by atoms with Crippen molar-refractivity contribution in [2.75, 3.05) is 13.1 Å². The Labute approximate surface area is 170 Å². The van der Waals surface area contributed by atoms with E-state index in [1.165, 1.54) is 12.1 Å². The SMILES string of the molecule is Cl.O=C(C1CC12CCNCC2)N(Cc1ccccc1C(F)(F)F)C1CCCC1. The molecular formula is C21H28ClF3N2O. The number of piperidine rings is 1. The number of nitrogens with one attached hydrogen (secondary N) is 1. The van der Waals surface area contributed by atoms with E-state index in [0.29, 0.717) is 0 Å². The summed E-state index contributed by atoms with van der Waals surface area (Å²) in [5.74, 6) is 0.0824. The minimum atomic E-state index is -4.39. The Morgan fingerprint density at radius 2 is 1.79 bits per heavy atom. The van der Waals surface area contributed by atoms with Crippen molar-refractivity contribution >= 4 is 18.3 Å². The summed E-state index contributed by atoms with van der Waals surface area (Å²) in [6.45, 7) is 1.94. The third kappa shape index (κ3) is 4.18. The Balaban J connectivity index is 0.00000225. The van der Waals surface area contributed by atoms with Crippen molar-refractivity contribution in [3.8, 4) is 0 Å². The Morgan fingerprint density at radius 3 is 2.43 bits per heavy atom. The summed E-state index contributed by atoms with van der Waals surface area (Å²) in [6.07, 6.45) is 2.42. The van der Waals surface area contributed by atoms with Crippen LogP contribution in [0.4, 0.5) is 13.2 Å². The molecular weight excluding hydrogens is 389 g/mol. The van der Waals surface area contributed by atoms with Gasteiger partial charge < -0.3 is 10.2 Å². The van der Waals surface area contributed by atoms with Crippen LogP contribution in [-0.2, 0) is 17.5 Å².